The van der Waals surface area contributed by atoms with E-state index in [0.717, 1.165) is 38.5 Å². The molecule has 248 valence electrons. The molecule has 1 atom stereocenters. The Morgan fingerprint density at radius 1 is 0.500 bits per heavy atom. The van der Waals surface area contributed by atoms with Crippen molar-refractivity contribution in [2.24, 2.45) is 0 Å². The first kappa shape index (κ1) is 41.2. The average Bonchev–Trinajstić information content (AvgIpc) is 2.98. The van der Waals surface area contributed by atoms with Crippen LogP contribution in [0.3, 0.4) is 0 Å². The Bertz CT molecular complexity index is 603. The van der Waals surface area contributed by atoms with Gasteiger partial charge in [-0.1, -0.05) is 168 Å². The smallest absolute Gasteiger partial charge is 0.323 e. The van der Waals surface area contributed by atoms with Crippen LogP contribution in [-0.2, 0) is 14.4 Å². The highest BCUT2D eigenvalue weighted by Gasteiger charge is 2.30. The maximum atomic E-state index is 13.0. The largest absolute Gasteiger partial charge is 0.480 e. The first-order valence-corrected chi connectivity index (χ1v) is 19.3. The minimum Gasteiger partial charge on any atom is -0.480 e. The summed E-state index contributed by atoms with van der Waals surface area (Å²) in [5, 5.41) is 21.5. The van der Waals surface area contributed by atoms with E-state index in [1.165, 1.54) is 128 Å². The predicted octanol–water partition coefficient (Wildman–Crippen LogP) is 10.4. The van der Waals surface area contributed by atoms with Crippen molar-refractivity contribution in [2.45, 2.75) is 200 Å². The number of unbranched alkanes of at least 4 members (excludes halogenated alkanes) is 24. The quantitative estimate of drug-likeness (QED) is 0.0493. The number of carboxylic acid groups (broad SMARTS) is 1. The van der Waals surface area contributed by atoms with Crippen LogP contribution in [0.5, 0.6) is 0 Å². The summed E-state index contributed by atoms with van der Waals surface area (Å²) in [6.07, 6.45) is 32.4. The molecule has 0 aromatic rings. The van der Waals surface area contributed by atoms with Gasteiger partial charge in [0.15, 0.2) is 11.0 Å². The number of carbonyl (C=O) groups excluding carboxylic acids is 2. The van der Waals surface area contributed by atoms with Gasteiger partial charge in [-0.25, -0.2) is 0 Å². The number of rotatable bonds is 34. The molecule has 0 amide bonds. The van der Waals surface area contributed by atoms with E-state index in [4.69, 9.17) is 0 Å². The Hall–Kier alpha value is -0.840. The van der Waals surface area contributed by atoms with E-state index in [1.54, 1.807) is 0 Å². The maximum absolute atomic E-state index is 13.0. The van der Waals surface area contributed by atoms with Gasteiger partial charge in [-0.3, -0.25) is 19.5 Å². The summed E-state index contributed by atoms with van der Waals surface area (Å²) in [6.45, 7) is 3.87. The molecule has 0 aromatic heterocycles. The molecule has 0 aromatic carbocycles. The molecule has 0 saturated heterocycles. The molecule has 0 radical (unpaired) electrons. The van der Waals surface area contributed by atoms with Gasteiger partial charge in [0, 0.05) is 12.8 Å². The molecule has 0 heterocycles. The van der Waals surface area contributed by atoms with E-state index in [2.05, 4.69) is 18.9 Å². The van der Waals surface area contributed by atoms with E-state index in [9.17, 15) is 24.6 Å². The molecule has 7 heteroatoms. The van der Waals surface area contributed by atoms with Crippen LogP contribution < -0.4 is 5.09 Å². The average molecular weight is 614 g/mol. The number of hydrogen-bond donors (Lipinski definition) is 3. The molecule has 0 unspecified atom stereocenters. The Morgan fingerprint density at radius 2 is 0.762 bits per heavy atom. The van der Waals surface area contributed by atoms with Crippen molar-refractivity contribution in [3.63, 3.8) is 0 Å². The zero-order valence-corrected chi connectivity index (χ0v) is 28.5. The zero-order valence-electron chi connectivity index (χ0n) is 27.6. The highest BCUT2D eigenvalue weighted by molar-refractivity contribution is 7.87. The molecular weight excluding hydrogens is 545 g/mol. The van der Waals surface area contributed by atoms with Crippen molar-refractivity contribution in [1.29, 1.82) is 0 Å². The lowest BCUT2D eigenvalue weighted by atomic mass is 10.0. The van der Waals surface area contributed by atoms with Gasteiger partial charge in [-0.05, 0) is 12.8 Å². The molecule has 6 nitrogen and oxygen atoms in total. The molecule has 0 saturated carbocycles. The van der Waals surface area contributed by atoms with Gasteiger partial charge >= 0.3 is 5.97 Å². The number of aliphatic hydroxyl groups is 1. The third-order valence-electron chi connectivity index (χ3n) is 8.25. The van der Waals surface area contributed by atoms with Gasteiger partial charge in [-0.15, -0.1) is 0 Å². The van der Waals surface area contributed by atoms with E-state index < -0.39 is 26.7 Å². The van der Waals surface area contributed by atoms with Crippen LogP contribution in [0.4, 0.5) is 0 Å². The van der Waals surface area contributed by atoms with E-state index in [1.807, 2.05) is 0 Å². The van der Waals surface area contributed by atoms with Gasteiger partial charge in [0.25, 0.3) is 0 Å². The summed E-state index contributed by atoms with van der Waals surface area (Å²) >= 11 is 0. The van der Waals surface area contributed by atoms with Crippen LogP contribution in [0.2, 0.25) is 0 Å². The van der Waals surface area contributed by atoms with Crippen molar-refractivity contribution in [2.75, 3.05) is 6.61 Å². The molecule has 0 spiro atoms. The zero-order chi connectivity index (χ0) is 31.1. The summed E-state index contributed by atoms with van der Waals surface area (Å²) < 4.78 is 0. The Labute approximate surface area is 260 Å². The Balaban J connectivity index is 4.14. The number of aliphatic carboxylic acids is 1. The van der Waals surface area contributed by atoms with Crippen LogP contribution in [0.15, 0.2) is 0 Å². The summed E-state index contributed by atoms with van der Waals surface area (Å²) in [7, 11) is -1.91. The molecule has 0 fully saturated rings. The van der Waals surface area contributed by atoms with Gasteiger partial charge in [0.1, 0.15) is 14.1 Å². The van der Waals surface area contributed by atoms with Crippen molar-refractivity contribution in [3.05, 3.63) is 0 Å². The molecule has 0 aliphatic heterocycles. The number of aliphatic hydroxyl groups excluding tert-OH is 1. The Kier molecular flexibility index (Phi) is 30.9. The lowest BCUT2D eigenvalue weighted by Crippen LogP contribution is -2.39. The van der Waals surface area contributed by atoms with Crippen LogP contribution in [0.25, 0.3) is 0 Å². The molecule has 0 rings (SSSR count). The summed E-state index contributed by atoms with van der Waals surface area (Å²) in [4.78, 5) is 37.4. The molecule has 0 aliphatic carbocycles. The minimum atomic E-state index is -1.91. The second-order valence-corrected chi connectivity index (χ2v) is 14.2. The minimum absolute atomic E-state index is 0.174. The summed E-state index contributed by atoms with van der Waals surface area (Å²) in [5.74, 6) is -1.23. The van der Waals surface area contributed by atoms with E-state index in [-0.39, 0.29) is 11.0 Å². The monoisotopic (exact) mass is 613 g/mol. The fourth-order valence-corrected chi connectivity index (χ4v) is 7.26. The van der Waals surface area contributed by atoms with E-state index in [0.29, 0.717) is 12.8 Å². The molecule has 0 bridgehead atoms. The highest BCUT2D eigenvalue weighted by atomic mass is 31.1. The third-order valence-corrected chi connectivity index (χ3v) is 10.3. The summed E-state index contributed by atoms with van der Waals surface area (Å²) in [6, 6.07) is -1.28. The first-order valence-electron chi connectivity index (χ1n) is 17.9. The predicted molar refractivity (Wildman–Crippen MR) is 179 cm³/mol. The van der Waals surface area contributed by atoms with Crippen molar-refractivity contribution in [1.82, 2.24) is 5.09 Å². The number of nitrogens with one attached hydrogen (secondary N) is 1. The van der Waals surface area contributed by atoms with Crippen LogP contribution >= 0.6 is 8.07 Å². The summed E-state index contributed by atoms with van der Waals surface area (Å²) in [5.41, 5.74) is -0.347. The number of hydrogen-bond acceptors (Lipinski definition) is 5. The van der Waals surface area contributed by atoms with Gasteiger partial charge in [-0.2, -0.15) is 0 Å². The van der Waals surface area contributed by atoms with Crippen molar-refractivity contribution < 1.29 is 24.6 Å². The topological polar surface area (TPSA) is 104 Å². The van der Waals surface area contributed by atoms with E-state index >= 15 is 0 Å². The molecule has 3 N–H and O–H groups in total. The standard InChI is InChI=1S/C35H68NO5P/c1-3-5-7-9-11-13-15-17-19-21-23-25-27-29-33(38)42(36-32(31-37)35(40)41)34(39)30-28-26-24-22-20-18-16-14-12-10-8-6-4-2/h32,36-37H,3-31H2,1-2H3,(H,40,41)/t32-/m0/s1. The second kappa shape index (κ2) is 31.6. The van der Waals surface area contributed by atoms with Crippen molar-refractivity contribution in [3.8, 4) is 0 Å². The Morgan fingerprint density at radius 3 is 1.00 bits per heavy atom. The third kappa shape index (κ3) is 25.6. The van der Waals surface area contributed by atoms with Crippen molar-refractivity contribution >= 4 is 25.1 Å². The first-order chi connectivity index (χ1) is 20.5. The normalized spacial score (nSPS) is 12.2. The number of carboxylic acids is 1. The lowest BCUT2D eigenvalue weighted by Gasteiger charge is -2.20. The fraction of sp³-hybridized carbons (Fsp3) is 0.914. The SMILES string of the molecule is CCCCCCCCCCCCCCCC(=O)P(N[C@@H](CO)C(=O)O)C(=O)CCCCCCCCCCCCCCC. The lowest BCUT2D eigenvalue weighted by molar-refractivity contribution is -0.139. The fourth-order valence-electron chi connectivity index (χ4n) is 5.42. The van der Waals surface area contributed by atoms with Gasteiger partial charge in [0.05, 0.1) is 6.61 Å². The number of carbonyl (C=O) groups is 3. The molecule has 0 aliphatic rings. The van der Waals surface area contributed by atoms with Gasteiger partial charge < -0.3 is 10.2 Å². The van der Waals surface area contributed by atoms with Crippen LogP contribution in [0, 0.1) is 0 Å². The maximum Gasteiger partial charge on any atom is 0.323 e. The second-order valence-electron chi connectivity index (χ2n) is 12.3. The molecular formula is C35H68NO5P. The van der Waals surface area contributed by atoms with Crippen LogP contribution in [0.1, 0.15) is 194 Å². The highest BCUT2D eigenvalue weighted by Crippen LogP contribution is 2.38. The van der Waals surface area contributed by atoms with Gasteiger partial charge in [0.2, 0.25) is 0 Å². The molecule has 42 heavy (non-hydrogen) atoms. The van der Waals surface area contributed by atoms with Crippen LogP contribution in [-0.4, -0.2) is 39.9 Å².